The number of carbonyl (C=O) groups is 1. The second-order valence-electron chi connectivity index (χ2n) is 4.80. The molecule has 1 aliphatic rings. The highest BCUT2D eigenvalue weighted by Crippen LogP contribution is 2.28. The van der Waals surface area contributed by atoms with Gasteiger partial charge in [-0.3, -0.25) is 4.79 Å². The summed E-state index contributed by atoms with van der Waals surface area (Å²) in [7, 11) is 4.80. The van der Waals surface area contributed by atoms with Crippen molar-refractivity contribution < 1.29 is 23.7 Å². The Bertz CT molecular complexity index is 523. The molecule has 0 aromatic heterocycles. The van der Waals surface area contributed by atoms with Crippen LogP contribution in [0.25, 0.3) is 6.08 Å². The minimum atomic E-state index is -0.260. The maximum atomic E-state index is 11.5. The van der Waals surface area contributed by atoms with Crippen LogP contribution in [0.3, 0.4) is 0 Å². The third-order valence-electron chi connectivity index (χ3n) is 3.42. The number of hydrogen-bond donors (Lipinski definition) is 0. The van der Waals surface area contributed by atoms with Gasteiger partial charge in [0.1, 0.15) is 6.10 Å². The minimum Gasteiger partial charge on any atom is -0.493 e. The Kier molecular flexibility index (Phi) is 5.22. The van der Waals surface area contributed by atoms with Crippen molar-refractivity contribution in [2.75, 3.05) is 21.3 Å². The highest BCUT2D eigenvalue weighted by Gasteiger charge is 2.26. The summed E-state index contributed by atoms with van der Waals surface area (Å²) in [5.74, 6) is 1.11. The van der Waals surface area contributed by atoms with Gasteiger partial charge >= 0.3 is 5.97 Å². The summed E-state index contributed by atoms with van der Waals surface area (Å²) < 4.78 is 21.0. The first-order chi connectivity index (χ1) is 10.2. The predicted octanol–water partition coefficient (Wildman–Crippen LogP) is 2.44. The fourth-order valence-electron chi connectivity index (χ4n) is 2.27. The van der Waals surface area contributed by atoms with Crippen LogP contribution in [0, 0.1) is 0 Å². The van der Waals surface area contributed by atoms with E-state index in [-0.39, 0.29) is 18.2 Å². The van der Waals surface area contributed by atoms with Gasteiger partial charge in [0.2, 0.25) is 0 Å². The van der Waals surface area contributed by atoms with E-state index >= 15 is 0 Å². The fraction of sp³-hybridized carbons (Fsp3) is 0.438. The van der Waals surface area contributed by atoms with E-state index in [2.05, 4.69) is 0 Å². The lowest BCUT2D eigenvalue weighted by molar-refractivity contribution is -0.157. The van der Waals surface area contributed by atoms with Crippen LogP contribution in [0.15, 0.2) is 24.3 Å². The molecule has 0 bridgehead atoms. The Hall–Kier alpha value is -2.01. The van der Waals surface area contributed by atoms with Crippen LogP contribution in [0.5, 0.6) is 11.5 Å². The zero-order valence-electron chi connectivity index (χ0n) is 12.5. The molecule has 114 valence electrons. The summed E-state index contributed by atoms with van der Waals surface area (Å²) in [6.07, 6.45) is 4.42. The molecule has 0 spiro atoms. The molecule has 1 aromatic rings. The smallest absolute Gasteiger partial charge is 0.309 e. The summed E-state index contributed by atoms with van der Waals surface area (Å²) in [5.41, 5.74) is 0.947. The van der Waals surface area contributed by atoms with Crippen LogP contribution in [-0.2, 0) is 14.3 Å². The fourth-order valence-corrected chi connectivity index (χ4v) is 2.27. The van der Waals surface area contributed by atoms with Crippen LogP contribution in [0.2, 0.25) is 0 Å². The van der Waals surface area contributed by atoms with Crippen LogP contribution in [0.4, 0.5) is 0 Å². The van der Waals surface area contributed by atoms with Crippen LogP contribution in [-0.4, -0.2) is 39.5 Å². The zero-order valence-corrected chi connectivity index (χ0v) is 12.5. The van der Waals surface area contributed by atoms with Gasteiger partial charge in [-0.25, -0.2) is 0 Å². The predicted molar refractivity (Wildman–Crippen MR) is 78.5 cm³/mol. The van der Waals surface area contributed by atoms with Crippen molar-refractivity contribution in [3.05, 3.63) is 29.8 Å². The zero-order chi connectivity index (χ0) is 15.2. The van der Waals surface area contributed by atoms with E-state index < -0.39 is 0 Å². The Morgan fingerprint density at radius 2 is 1.95 bits per heavy atom. The Morgan fingerprint density at radius 1 is 1.19 bits per heavy atom. The average Bonchev–Trinajstić information content (AvgIpc) is 2.52. The number of rotatable bonds is 5. The molecule has 0 aliphatic carbocycles. The quantitative estimate of drug-likeness (QED) is 0.780. The van der Waals surface area contributed by atoms with Crippen molar-refractivity contribution in [3.8, 4) is 11.5 Å². The van der Waals surface area contributed by atoms with Gasteiger partial charge in [0.15, 0.2) is 11.5 Å². The van der Waals surface area contributed by atoms with E-state index in [0.29, 0.717) is 24.3 Å². The SMILES string of the molecule is COc1ccc(/C=C/C2CC(OC)CC(=O)O2)cc1OC. The summed E-state index contributed by atoms with van der Waals surface area (Å²) in [5, 5.41) is 0. The minimum absolute atomic E-state index is 0.0775. The first kappa shape index (κ1) is 15.4. The Labute approximate surface area is 124 Å². The van der Waals surface area contributed by atoms with E-state index in [0.717, 1.165) is 5.56 Å². The molecule has 2 atom stereocenters. The molecule has 0 amide bonds. The molecule has 0 N–H and O–H groups in total. The molecular formula is C16H20O5. The van der Waals surface area contributed by atoms with Crippen molar-refractivity contribution in [1.82, 2.24) is 0 Å². The lowest BCUT2D eigenvalue weighted by atomic mass is 10.0. The molecule has 1 aromatic carbocycles. The largest absolute Gasteiger partial charge is 0.493 e. The molecule has 0 radical (unpaired) electrons. The van der Waals surface area contributed by atoms with E-state index in [1.54, 1.807) is 21.3 Å². The summed E-state index contributed by atoms with van der Waals surface area (Å²) in [4.78, 5) is 11.5. The van der Waals surface area contributed by atoms with Crippen molar-refractivity contribution in [2.45, 2.75) is 25.0 Å². The molecular weight excluding hydrogens is 272 g/mol. The van der Waals surface area contributed by atoms with Gasteiger partial charge in [0, 0.05) is 13.5 Å². The lowest BCUT2D eigenvalue weighted by Gasteiger charge is -2.25. The summed E-state index contributed by atoms with van der Waals surface area (Å²) in [6.45, 7) is 0. The Morgan fingerprint density at radius 3 is 2.62 bits per heavy atom. The van der Waals surface area contributed by atoms with Gasteiger partial charge in [0.05, 0.1) is 26.7 Å². The number of methoxy groups -OCH3 is 3. The normalized spacial score (nSPS) is 22.1. The van der Waals surface area contributed by atoms with Gasteiger partial charge in [0.25, 0.3) is 0 Å². The second-order valence-corrected chi connectivity index (χ2v) is 4.80. The number of carbonyl (C=O) groups excluding carboxylic acids is 1. The molecule has 2 unspecified atom stereocenters. The molecule has 21 heavy (non-hydrogen) atoms. The number of benzene rings is 1. The maximum absolute atomic E-state index is 11.5. The van der Waals surface area contributed by atoms with Gasteiger partial charge in [-0.15, -0.1) is 0 Å². The molecule has 2 rings (SSSR count). The Balaban J connectivity index is 2.08. The monoisotopic (exact) mass is 292 g/mol. The number of cyclic esters (lactones) is 1. The first-order valence-electron chi connectivity index (χ1n) is 6.78. The average molecular weight is 292 g/mol. The van der Waals surface area contributed by atoms with Crippen molar-refractivity contribution in [2.24, 2.45) is 0 Å². The van der Waals surface area contributed by atoms with Gasteiger partial charge in [-0.2, -0.15) is 0 Å². The lowest BCUT2D eigenvalue weighted by Crippen LogP contribution is -2.32. The molecule has 1 saturated heterocycles. The van der Waals surface area contributed by atoms with Crippen molar-refractivity contribution in [3.63, 3.8) is 0 Å². The number of hydrogen-bond acceptors (Lipinski definition) is 5. The molecule has 1 fully saturated rings. The van der Waals surface area contributed by atoms with Gasteiger partial charge < -0.3 is 18.9 Å². The highest BCUT2D eigenvalue weighted by molar-refractivity contribution is 5.71. The third-order valence-corrected chi connectivity index (χ3v) is 3.42. The number of esters is 1. The van der Waals surface area contributed by atoms with Crippen LogP contribution >= 0.6 is 0 Å². The van der Waals surface area contributed by atoms with Crippen molar-refractivity contribution in [1.29, 1.82) is 0 Å². The van der Waals surface area contributed by atoms with Crippen LogP contribution < -0.4 is 9.47 Å². The summed E-state index contributed by atoms with van der Waals surface area (Å²) >= 11 is 0. The van der Waals surface area contributed by atoms with E-state index in [4.69, 9.17) is 18.9 Å². The first-order valence-corrected chi connectivity index (χ1v) is 6.78. The standard InChI is InChI=1S/C16H20O5/c1-18-13-9-12(21-16(17)10-13)6-4-11-5-7-14(19-2)15(8-11)20-3/h4-8,12-13H,9-10H2,1-3H3/b6-4+. The van der Waals surface area contributed by atoms with E-state index in [1.807, 2.05) is 30.4 Å². The van der Waals surface area contributed by atoms with Gasteiger partial charge in [-0.05, 0) is 23.8 Å². The maximum Gasteiger partial charge on any atom is 0.309 e. The van der Waals surface area contributed by atoms with E-state index in [1.165, 1.54) is 0 Å². The third kappa shape index (κ3) is 3.98. The molecule has 1 aliphatic heterocycles. The molecule has 5 nitrogen and oxygen atoms in total. The van der Waals surface area contributed by atoms with Crippen LogP contribution in [0.1, 0.15) is 18.4 Å². The highest BCUT2D eigenvalue weighted by atomic mass is 16.6. The van der Waals surface area contributed by atoms with E-state index in [9.17, 15) is 4.79 Å². The second kappa shape index (κ2) is 7.13. The molecule has 0 saturated carbocycles. The topological polar surface area (TPSA) is 54.0 Å². The molecule has 5 heteroatoms. The molecule has 1 heterocycles. The summed E-state index contributed by atoms with van der Waals surface area (Å²) in [6, 6.07) is 5.62. The van der Waals surface area contributed by atoms with Crippen molar-refractivity contribution >= 4 is 12.0 Å². The van der Waals surface area contributed by atoms with Gasteiger partial charge in [-0.1, -0.05) is 12.1 Å². The number of ether oxygens (including phenoxy) is 4.